The van der Waals surface area contributed by atoms with Crippen molar-refractivity contribution in [2.24, 2.45) is 5.92 Å². The van der Waals surface area contributed by atoms with Gasteiger partial charge in [-0.3, -0.25) is 0 Å². The Labute approximate surface area is 128 Å². The second-order valence-corrected chi connectivity index (χ2v) is 6.17. The van der Waals surface area contributed by atoms with E-state index in [0.717, 1.165) is 11.4 Å². The summed E-state index contributed by atoms with van der Waals surface area (Å²) in [6.07, 6.45) is 12.8. The molecule has 2 heteroatoms. The van der Waals surface area contributed by atoms with Crippen molar-refractivity contribution in [3.8, 4) is 0 Å². The zero-order valence-corrected chi connectivity index (χ0v) is 13.4. The topological polar surface area (TPSA) is 0 Å². The zero-order chi connectivity index (χ0) is 14.5. The van der Waals surface area contributed by atoms with E-state index >= 15 is 0 Å². The van der Waals surface area contributed by atoms with E-state index in [1.54, 1.807) is 0 Å². The Bertz CT molecular complexity index is 567. The average molecular weight is 285 g/mol. The molecule has 0 fully saturated rings. The fourth-order valence-corrected chi connectivity index (χ4v) is 2.75. The molecule has 0 bridgehead atoms. The number of hydrogen-bond donors (Lipinski definition) is 0. The van der Waals surface area contributed by atoms with Gasteiger partial charge in [0.25, 0.3) is 0 Å². The van der Waals surface area contributed by atoms with Crippen LogP contribution in [0.4, 0.5) is 0 Å². The smallest absolute Gasteiger partial charge is 0.0903 e. The Morgan fingerprint density at radius 2 is 2.05 bits per heavy atom. The lowest BCUT2D eigenvalue weighted by atomic mass is 9.80. The molecule has 1 aliphatic carbocycles. The highest BCUT2D eigenvalue weighted by Gasteiger charge is 2.07. The van der Waals surface area contributed by atoms with E-state index in [0.29, 0.717) is 5.92 Å². The Morgan fingerprint density at radius 3 is 2.80 bits per heavy atom. The lowest BCUT2D eigenvalue weighted by molar-refractivity contribution is 0.721. The van der Waals surface area contributed by atoms with Crippen LogP contribution in [0, 0.1) is 12.8 Å². The maximum Gasteiger partial charge on any atom is 0.139 e. The van der Waals surface area contributed by atoms with Crippen LogP contribution < -0.4 is 0 Å². The highest BCUT2D eigenvalue weighted by molar-refractivity contribution is 6.30. The first-order valence-corrected chi connectivity index (χ1v) is 7.74. The molecule has 0 heterocycles. The fraction of sp³-hybridized carbons (Fsp3) is 0.333. The van der Waals surface area contributed by atoms with Crippen molar-refractivity contribution >= 4 is 25.5 Å². The van der Waals surface area contributed by atoms with Gasteiger partial charge in [0.15, 0.2) is 0 Å². The molecule has 0 saturated heterocycles. The molecule has 20 heavy (non-hydrogen) atoms. The van der Waals surface area contributed by atoms with Crippen LogP contribution in [0.15, 0.2) is 47.5 Å². The van der Waals surface area contributed by atoms with E-state index in [-0.39, 0.29) is 0 Å². The third kappa shape index (κ3) is 4.14. The number of benzene rings is 1. The van der Waals surface area contributed by atoms with E-state index in [9.17, 15) is 0 Å². The summed E-state index contributed by atoms with van der Waals surface area (Å²) in [5.41, 5.74) is 5.45. The third-order valence-electron chi connectivity index (χ3n) is 3.90. The normalized spacial score (nSPS) is 16.9. The van der Waals surface area contributed by atoms with Crippen LogP contribution in [-0.2, 0) is 0 Å². The molecule has 0 aromatic heterocycles. The summed E-state index contributed by atoms with van der Waals surface area (Å²) >= 11 is 6.06. The minimum absolute atomic E-state index is 0.543. The van der Waals surface area contributed by atoms with Crippen molar-refractivity contribution in [1.29, 1.82) is 0 Å². The van der Waals surface area contributed by atoms with E-state index in [1.807, 2.05) is 12.1 Å². The Kier molecular flexibility index (Phi) is 5.31. The molecule has 0 nitrogen and oxygen atoms in total. The average Bonchev–Trinajstić information content (AvgIpc) is 2.42. The largest absolute Gasteiger partial charge is 0.139 e. The first-order valence-electron chi connectivity index (χ1n) is 7.37. The maximum atomic E-state index is 6.06. The van der Waals surface area contributed by atoms with Crippen LogP contribution >= 0.6 is 11.6 Å². The lowest BCUT2D eigenvalue weighted by Gasteiger charge is -2.15. The molecule has 0 spiro atoms. The van der Waals surface area contributed by atoms with Crippen molar-refractivity contribution in [1.82, 2.24) is 0 Å². The molecule has 0 N–H and O–H groups in total. The molecule has 0 saturated carbocycles. The van der Waals surface area contributed by atoms with Crippen molar-refractivity contribution in [2.75, 3.05) is 0 Å². The van der Waals surface area contributed by atoms with E-state index in [2.05, 4.69) is 52.1 Å². The molecular weight excluding hydrogens is 262 g/mol. The molecule has 1 aromatic rings. The second-order valence-electron chi connectivity index (χ2n) is 5.74. The highest BCUT2D eigenvalue weighted by Crippen LogP contribution is 2.24. The number of halogens is 1. The Balaban J connectivity index is 2.02. The lowest BCUT2D eigenvalue weighted by Crippen LogP contribution is -2.00. The van der Waals surface area contributed by atoms with Crippen LogP contribution in [-0.4, -0.2) is 7.85 Å². The Morgan fingerprint density at radius 1 is 1.30 bits per heavy atom. The molecule has 104 valence electrons. The minimum Gasteiger partial charge on any atom is -0.0903 e. The molecule has 1 unspecified atom stereocenters. The van der Waals surface area contributed by atoms with Gasteiger partial charge in [-0.05, 0) is 55.4 Å². The minimum atomic E-state index is 0.543. The molecule has 2 rings (SSSR count). The first-order chi connectivity index (χ1) is 9.56. The molecule has 0 aliphatic heterocycles. The fourth-order valence-electron chi connectivity index (χ4n) is 2.57. The van der Waals surface area contributed by atoms with Crippen molar-refractivity contribution in [2.45, 2.75) is 33.1 Å². The van der Waals surface area contributed by atoms with Crippen LogP contribution in [0.2, 0.25) is 5.02 Å². The van der Waals surface area contributed by atoms with E-state index in [4.69, 9.17) is 11.6 Å². The van der Waals surface area contributed by atoms with Gasteiger partial charge in [-0.15, -0.1) is 0 Å². The van der Waals surface area contributed by atoms with Gasteiger partial charge in [-0.1, -0.05) is 59.9 Å². The van der Waals surface area contributed by atoms with Gasteiger partial charge in [-0.2, -0.15) is 0 Å². The van der Waals surface area contributed by atoms with Crippen LogP contribution in [0.5, 0.6) is 0 Å². The first kappa shape index (κ1) is 15.2. The molecule has 0 amide bonds. The van der Waals surface area contributed by atoms with Gasteiger partial charge in [0.2, 0.25) is 0 Å². The maximum absolute atomic E-state index is 6.06. The summed E-state index contributed by atoms with van der Waals surface area (Å²) in [5, 5.41) is 0.802. The van der Waals surface area contributed by atoms with Gasteiger partial charge in [0.05, 0.1) is 0 Å². The predicted molar refractivity (Wildman–Crippen MR) is 92.9 cm³/mol. The summed E-state index contributed by atoms with van der Waals surface area (Å²) < 4.78 is 0. The monoisotopic (exact) mass is 284 g/mol. The molecule has 1 aliphatic rings. The SMILES string of the molecule is BC1=CCCC=C1CC(C)/C=C/c1cc(Cl)ccc1C. The summed E-state index contributed by atoms with van der Waals surface area (Å²) in [6, 6.07) is 6.05. The van der Waals surface area contributed by atoms with Gasteiger partial charge >= 0.3 is 0 Å². The van der Waals surface area contributed by atoms with E-state index < -0.39 is 0 Å². The second kappa shape index (κ2) is 6.99. The van der Waals surface area contributed by atoms with Gasteiger partial charge < -0.3 is 0 Å². The number of aryl methyl sites for hydroxylation is 1. The van der Waals surface area contributed by atoms with Gasteiger partial charge in [-0.25, -0.2) is 0 Å². The Hall–Kier alpha value is -1.21. The van der Waals surface area contributed by atoms with Crippen LogP contribution in [0.25, 0.3) is 6.08 Å². The third-order valence-corrected chi connectivity index (χ3v) is 4.14. The highest BCUT2D eigenvalue weighted by atomic mass is 35.5. The molecule has 1 aromatic carbocycles. The standard InChI is InChI=1S/C18H22BCl/c1-13(11-16-5-3-4-6-18(16)19)7-9-15-12-17(20)10-8-14(15)2/h5-10,12-13H,3-4,11,19H2,1-2H3/b9-7+. The number of allylic oxidation sites excluding steroid dienone is 5. The summed E-state index contributed by atoms with van der Waals surface area (Å²) in [4.78, 5) is 0. The molecular formula is C18H22BCl. The summed E-state index contributed by atoms with van der Waals surface area (Å²) in [7, 11) is 2.22. The van der Waals surface area contributed by atoms with Crippen molar-refractivity contribution in [3.63, 3.8) is 0 Å². The number of rotatable bonds is 4. The van der Waals surface area contributed by atoms with Crippen molar-refractivity contribution < 1.29 is 0 Å². The van der Waals surface area contributed by atoms with Crippen molar-refractivity contribution in [3.05, 3.63) is 63.6 Å². The van der Waals surface area contributed by atoms with E-state index in [1.165, 1.54) is 35.0 Å². The van der Waals surface area contributed by atoms with Crippen LogP contribution in [0.1, 0.15) is 37.3 Å². The summed E-state index contributed by atoms with van der Waals surface area (Å²) in [6.45, 7) is 4.40. The summed E-state index contributed by atoms with van der Waals surface area (Å²) in [5.74, 6) is 0.543. The van der Waals surface area contributed by atoms with Gasteiger partial charge in [0.1, 0.15) is 7.85 Å². The molecule has 1 atom stereocenters. The zero-order valence-electron chi connectivity index (χ0n) is 12.6. The predicted octanol–water partition coefficient (Wildman–Crippen LogP) is 4.93. The van der Waals surface area contributed by atoms with Gasteiger partial charge in [0, 0.05) is 5.02 Å². The van der Waals surface area contributed by atoms with Crippen LogP contribution in [0.3, 0.4) is 0 Å². The molecule has 0 radical (unpaired) electrons. The number of hydrogen-bond acceptors (Lipinski definition) is 0. The quantitative estimate of drug-likeness (QED) is 0.688.